The Hall–Kier alpha value is -2.09. The number of nitrogens with one attached hydrogen (secondary N) is 1. The van der Waals surface area contributed by atoms with Crippen molar-refractivity contribution >= 4 is 28.1 Å². The second-order valence-corrected chi connectivity index (χ2v) is 6.47. The van der Waals surface area contributed by atoms with Crippen LogP contribution in [0.5, 0.6) is 0 Å². The van der Waals surface area contributed by atoms with Crippen molar-refractivity contribution in [1.29, 1.82) is 0 Å². The zero-order chi connectivity index (χ0) is 18.4. The molecule has 2 rings (SSSR count). The van der Waals surface area contributed by atoms with E-state index in [0.29, 0.717) is 16.9 Å². The van der Waals surface area contributed by atoms with Crippen LogP contribution in [0.2, 0.25) is 0 Å². The van der Waals surface area contributed by atoms with Crippen LogP contribution in [0, 0.1) is 13.8 Å². The van der Waals surface area contributed by atoms with Gasteiger partial charge in [-0.3, -0.25) is 10.1 Å². The first-order valence-electron chi connectivity index (χ1n) is 7.81. The van der Waals surface area contributed by atoms with Crippen molar-refractivity contribution < 1.29 is 13.6 Å². The monoisotopic (exact) mass is 366 g/mol. The lowest BCUT2D eigenvalue weighted by molar-refractivity contribution is 0.0165. The Labute approximate surface area is 150 Å². The predicted octanol–water partition coefficient (Wildman–Crippen LogP) is 4.16. The van der Waals surface area contributed by atoms with Crippen molar-refractivity contribution in [1.82, 2.24) is 10.2 Å². The van der Waals surface area contributed by atoms with Gasteiger partial charge < -0.3 is 4.90 Å². The Morgan fingerprint density at radius 1 is 1.20 bits per heavy atom. The topological polar surface area (TPSA) is 58.1 Å². The molecule has 134 valence electrons. The van der Waals surface area contributed by atoms with Crippen molar-refractivity contribution in [3.8, 4) is 0 Å². The maximum atomic E-state index is 13.2. The van der Waals surface area contributed by atoms with E-state index in [1.165, 1.54) is 0 Å². The molecule has 0 saturated carbocycles. The van der Waals surface area contributed by atoms with Gasteiger partial charge >= 0.3 is 0 Å². The summed E-state index contributed by atoms with van der Waals surface area (Å²) < 4.78 is 26.3. The highest BCUT2D eigenvalue weighted by atomic mass is 32.1. The second-order valence-electron chi connectivity index (χ2n) is 5.50. The molecule has 2 aromatic rings. The van der Waals surface area contributed by atoms with E-state index in [1.54, 1.807) is 12.1 Å². The first kappa shape index (κ1) is 19.2. The normalized spacial score (nSPS) is 11.4. The summed E-state index contributed by atoms with van der Waals surface area (Å²) >= 11 is 0.658. The number of alkyl halides is 2. The summed E-state index contributed by atoms with van der Waals surface area (Å²) in [7, 11) is 0. The molecule has 0 aliphatic rings. The van der Waals surface area contributed by atoms with E-state index in [4.69, 9.17) is 0 Å². The van der Waals surface area contributed by atoms with Gasteiger partial charge in [0, 0.05) is 31.3 Å². The Balaban J connectivity index is 2.06. The lowest BCUT2D eigenvalue weighted by atomic mass is 10.1. The maximum absolute atomic E-state index is 13.2. The highest BCUT2D eigenvalue weighted by Gasteiger charge is 2.29. The number of anilines is 2. The van der Waals surface area contributed by atoms with E-state index in [0.717, 1.165) is 38.5 Å². The molecule has 25 heavy (non-hydrogen) atoms. The van der Waals surface area contributed by atoms with Gasteiger partial charge in [-0.05, 0) is 37.1 Å². The Morgan fingerprint density at radius 2 is 1.80 bits per heavy atom. The fraction of sp³-hybridized carbons (Fsp3) is 0.353. The third-order valence-corrected chi connectivity index (χ3v) is 4.38. The smallest absolute Gasteiger partial charge is 0.298 e. The number of carbonyl (C=O) groups is 1. The molecular weight excluding hydrogens is 346 g/mol. The molecular formula is C17H20F2N4OS. The number of halogens is 2. The van der Waals surface area contributed by atoms with Gasteiger partial charge in [0.25, 0.3) is 11.8 Å². The molecule has 0 aliphatic carbocycles. The third-order valence-electron chi connectivity index (χ3n) is 3.37. The SMILES string of the molecule is [CH2]CCN(CC[CH2])c1ccc(C(=O)Nc2nnc(C(C)(F)F)s2)cc1. The van der Waals surface area contributed by atoms with E-state index >= 15 is 0 Å². The molecule has 0 saturated heterocycles. The van der Waals surface area contributed by atoms with Crippen LogP contribution in [0.3, 0.4) is 0 Å². The van der Waals surface area contributed by atoms with E-state index in [-0.39, 0.29) is 5.13 Å². The van der Waals surface area contributed by atoms with Gasteiger partial charge in [-0.25, -0.2) is 0 Å². The van der Waals surface area contributed by atoms with E-state index in [1.807, 2.05) is 12.1 Å². The first-order chi connectivity index (χ1) is 11.8. The molecule has 0 atom stereocenters. The Bertz CT molecular complexity index is 691. The van der Waals surface area contributed by atoms with E-state index in [9.17, 15) is 13.6 Å². The van der Waals surface area contributed by atoms with E-state index in [2.05, 4.69) is 34.3 Å². The molecule has 1 N–H and O–H groups in total. The van der Waals surface area contributed by atoms with Crippen LogP contribution in [-0.2, 0) is 5.92 Å². The number of nitrogens with zero attached hydrogens (tertiary/aromatic N) is 3. The molecule has 0 spiro atoms. The Kier molecular flexibility index (Phi) is 6.41. The van der Waals surface area contributed by atoms with Gasteiger partial charge in [0.15, 0.2) is 5.01 Å². The summed E-state index contributed by atoms with van der Waals surface area (Å²) in [6.07, 6.45) is 1.54. The molecule has 5 nitrogen and oxygen atoms in total. The highest BCUT2D eigenvalue weighted by Crippen LogP contribution is 2.31. The minimum absolute atomic E-state index is 0.0429. The molecule has 0 bridgehead atoms. The van der Waals surface area contributed by atoms with Crippen molar-refractivity contribution in [3.63, 3.8) is 0 Å². The number of hydrogen-bond donors (Lipinski definition) is 1. The average molecular weight is 366 g/mol. The average Bonchev–Trinajstić information content (AvgIpc) is 3.03. The fourth-order valence-corrected chi connectivity index (χ4v) is 2.87. The zero-order valence-electron chi connectivity index (χ0n) is 14.0. The van der Waals surface area contributed by atoms with Crippen LogP contribution >= 0.6 is 11.3 Å². The standard InChI is InChI=1S/C17H20F2N4OS/c1-4-10-23(11-5-2)13-8-6-12(7-9-13)14(24)20-16-22-21-15(25-16)17(3,18)19/h6-9H,1-2,4-5,10-11H2,3H3,(H,20,22,24). The number of hydrogen-bond acceptors (Lipinski definition) is 5. The summed E-state index contributed by atoms with van der Waals surface area (Å²) in [5.74, 6) is -3.50. The fourth-order valence-electron chi connectivity index (χ4n) is 2.20. The van der Waals surface area contributed by atoms with Crippen LogP contribution in [0.15, 0.2) is 24.3 Å². The van der Waals surface area contributed by atoms with Gasteiger partial charge in [0.1, 0.15) is 0 Å². The van der Waals surface area contributed by atoms with Gasteiger partial charge in [0.05, 0.1) is 0 Å². The number of rotatable bonds is 8. The summed E-state index contributed by atoms with van der Waals surface area (Å²) in [6.45, 7) is 10.1. The lowest BCUT2D eigenvalue weighted by Gasteiger charge is -2.23. The lowest BCUT2D eigenvalue weighted by Crippen LogP contribution is -2.25. The van der Waals surface area contributed by atoms with Gasteiger partial charge in [-0.15, -0.1) is 10.2 Å². The molecule has 0 aliphatic heterocycles. The zero-order valence-corrected chi connectivity index (χ0v) is 14.8. The molecule has 1 aromatic heterocycles. The number of carbonyl (C=O) groups excluding carboxylic acids is 1. The maximum Gasteiger partial charge on any atom is 0.298 e. The van der Waals surface area contributed by atoms with Crippen molar-refractivity contribution in [2.45, 2.75) is 25.7 Å². The Morgan fingerprint density at radius 3 is 2.28 bits per heavy atom. The quantitative estimate of drug-likeness (QED) is 0.762. The van der Waals surface area contributed by atoms with Gasteiger partial charge in [-0.1, -0.05) is 25.2 Å². The van der Waals surface area contributed by atoms with Crippen LogP contribution in [-0.4, -0.2) is 29.2 Å². The molecule has 0 fully saturated rings. The van der Waals surface area contributed by atoms with Crippen LogP contribution in [0.1, 0.15) is 35.1 Å². The predicted molar refractivity (Wildman–Crippen MR) is 96.0 cm³/mol. The van der Waals surface area contributed by atoms with Gasteiger partial charge in [0.2, 0.25) is 5.13 Å². The number of amides is 1. The largest absolute Gasteiger partial charge is 0.372 e. The van der Waals surface area contributed by atoms with Crippen LogP contribution in [0.25, 0.3) is 0 Å². The molecule has 8 heteroatoms. The van der Waals surface area contributed by atoms with Crippen molar-refractivity contribution in [3.05, 3.63) is 48.7 Å². The minimum Gasteiger partial charge on any atom is -0.372 e. The highest BCUT2D eigenvalue weighted by molar-refractivity contribution is 7.15. The molecule has 0 unspecified atom stereocenters. The van der Waals surface area contributed by atoms with Gasteiger partial charge in [-0.2, -0.15) is 8.78 Å². The first-order valence-corrected chi connectivity index (χ1v) is 8.63. The molecule has 2 radical (unpaired) electrons. The summed E-state index contributed by atoms with van der Waals surface area (Å²) in [5, 5.41) is 9.07. The molecule has 1 amide bonds. The molecule has 1 heterocycles. The van der Waals surface area contributed by atoms with Crippen LogP contribution in [0.4, 0.5) is 19.6 Å². The van der Waals surface area contributed by atoms with E-state index < -0.39 is 16.8 Å². The second kappa shape index (κ2) is 8.33. The summed E-state index contributed by atoms with van der Waals surface area (Å²) in [6, 6.07) is 7.04. The minimum atomic E-state index is -3.08. The number of aromatic nitrogens is 2. The third kappa shape index (κ3) is 5.19. The molecule has 1 aromatic carbocycles. The number of benzene rings is 1. The van der Waals surface area contributed by atoms with Crippen molar-refractivity contribution in [2.24, 2.45) is 0 Å². The summed E-state index contributed by atoms with van der Waals surface area (Å²) in [5.41, 5.74) is 1.39. The van der Waals surface area contributed by atoms with Crippen molar-refractivity contribution in [2.75, 3.05) is 23.3 Å². The summed E-state index contributed by atoms with van der Waals surface area (Å²) in [4.78, 5) is 14.4. The van der Waals surface area contributed by atoms with Crippen LogP contribution < -0.4 is 10.2 Å².